The Hall–Kier alpha value is -1.39. The number of piperazine rings is 1. The third-order valence-corrected chi connectivity index (χ3v) is 3.11. The number of nitrogens with one attached hydrogen (secondary N) is 1. The molecule has 1 aromatic carbocycles. The van der Waals surface area contributed by atoms with E-state index in [-0.39, 0.29) is 5.97 Å². The quantitative estimate of drug-likeness (QED) is 0.777. The molecule has 1 fully saturated rings. The van der Waals surface area contributed by atoms with E-state index in [1.54, 1.807) is 0 Å². The fourth-order valence-electron chi connectivity index (χ4n) is 2.09. The number of nitrogens with zero attached hydrogens (tertiary/aromatic N) is 1. The normalized spacial score (nSPS) is 21.2. The number of carbonyl (C=O) groups is 1. The number of esters is 1. The summed E-state index contributed by atoms with van der Waals surface area (Å²) in [5, 5.41) is 3.47. The van der Waals surface area contributed by atoms with E-state index in [1.807, 2.05) is 24.3 Å². The van der Waals surface area contributed by atoms with Crippen LogP contribution >= 0.6 is 0 Å². The van der Waals surface area contributed by atoms with Gasteiger partial charge in [0.15, 0.2) is 0 Å². The van der Waals surface area contributed by atoms with Crippen LogP contribution in [0.15, 0.2) is 24.3 Å². The average Bonchev–Trinajstić information content (AvgIpc) is 2.38. The Morgan fingerprint density at radius 1 is 1.41 bits per heavy atom. The smallest absolute Gasteiger partial charge is 0.337 e. The van der Waals surface area contributed by atoms with Gasteiger partial charge in [-0.3, -0.25) is 0 Å². The van der Waals surface area contributed by atoms with Crippen molar-refractivity contribution in [1.29, 1.82) is 0 Å². The van der Waals surface area contributed by atoms with Gasteiger partial charge in [0.1, 0.15) is 0 Å². The first-order chi connectivity index (χ1) is 8.20. The Labute approximate surface area is 102 Å². The second-order valence-electron chi connectivity index (χ2n) is 4.38. The third-order valence-electron chi connectivity index (χ3n) is 3.11. The van der Waals surface area contributed by atoms with Crippen molar-refractivity contribution in [3.05, 3.63) is 35.4 Å². The average molecular weight is 234 g/mol. The van der Waals surface area contributed by atoms with E-state index in [2.05, 4.69) is 22.0 Å². The molecule has 1 aliphatic rings. The molecule has 1 heterocycles. The van der Waals surface area contributed by atoms with Gasteiger partial charge in [-0.25, -0.2) is 4.79 Å². The Kier molecular flexibility index (Phi) is 3.76. The highest BCUT2D eigenvalue weighted by atomic mass is 16.5. The van der Waals surface area contributed by atoms with E-state index < -0.39 is 0 Å². The van der Waals surface area contributed by atoms with Crippen molar-refractivity contribution < 1.29 is 9.53 Å². The highest BCUT2D eigenvalue weighted by Gasteiger charge is 2.18. The zero-order valence-electron chi connectivity index (χ0n) is 10.3. The number of hydrogen-bond acceptors (Lipinski definition) is 4. The molecule has 0 bridgehead atoms. The molecule has 17 heavy (non-hydrogen) atoms. The van der Waals surface area contributed by atoms with Crippen LogP contribution in [-0.4, -0.2) is 44.7 Å². The van der Waals surface area contributed by atoms with Crippen LogP contribution in [0.4, 0.5) is 0 Å². The topological polar surface area (TPSA) is 41.6 Å². The minimum atomic E-state index is -0.287. The molecule has 4 nitrogen and oxygen atoms in total. The molecule has 1 saturated heterocycles. The minimum Gasteiger partial charge on any atom is -0.465 e. The van der Waals surface area contributed by atoms with Gasteiger partial charge in [-0.1, -0.05) is 12.1 Å². The van der Waals surface area contributed by atoms with Crippen molar-refractivity contribution in [3.63, 3.8) is 0 Å². The van der Waals surface area contributed by atoms with Crippen LogP contribution in [0.1, 0.15) is 22.0 Å². The molecule has 0 aromatic heterocycles. The van der Waals surface area contributed by atoms with Gasteiger partial charge in [-0.2, -0.15) is 0 Å². The first-order valence-electron chi connectivity index (χ1n) is 5.81. The highest BCUT2D eigenvalue weighted by Crippen LogP contribution is 2.17. The number of rotatable bonds is 2. The van der Waals surface area contributed by atoms with Crippen LogP contribution in [0.5, 0.6) is 0 Å². The summed E-state index contributed by atoms with van der Waals surface area (Å²) in [4.78, 5) is 13.6. The SMILES string of the molecule is COC(=O)c1ccc(C2CN(C)CCN2)cc1. The summed E-state index contributed by atoms with van der Waals surface area (Å²) in [6.45, 7) is 3.08. The second-order valence-corrected chi connectivity index (χ2v) is 4.38. The zero-order chi connectivity index (χ0) is 12.3. The zero-order valence-corrected chi connectivity index (χ0v) is 10.3. The van der Waals surface area contributed by atoms with Gasteiger partial charge >= 0.3 is 5.97 Å². The Balaban J connectivity index is 2.09. The number of carbonyl (C=O) groups excluding carboxylic acids is 1. The number of benzene rings is 1. The number of hydrogen-bond donors (Lipinski definition) is 1. The van der Waals surface area contributed by atoms with Crippen LogP contribution in [0.25, 0.3) is 0 Å². The lowest BCUT2D eigenvalue weighted by Gasteiger charge is -2.31. The Morgan fingerprint density at radius 3 is 2.71 bits per heavy atom. The molecule has 1 N–H and O–H groups in total. The molecule has 0 amide bonds. The van der Waals surface area contributed by atoms with Crippen molar-refractivity contribution in [2.45, 2.75) is 6.04 Å². The van der Waals surface area contributed by atoms with Crippen molar-refractivity contribution in [3.8, 4) is 0 Å². The number of likely N-dealkylation sites (N-methyl/N-ethyl adjacent to an activating group) is 1. The van der Waals surface area contributed by atoms with E-state index in [9.17, 15) is 4.79 Å². The van der Waals surface area contributed by atoms with Crippen LogP contribution in [0.3, 0.4) is 0 Å². The van der Waals surface area contributed by atoms with Crippen LogP contribution < -0.4 is 5.32 Å². The highest BCUT2D eigenvalue weighted by molar-refractivity contribution is 5.89. The Morgan fingerprint density at radius 2 is 2.12 bits per heavy atom. The molecule has 1 unspecified atom stereocenters. The predicted molar refractivity (Wildman–Crippen MR) is 66.0 cm³/mol. The molecular formula is C13H18N2O2. The molecule has 0 radical (unpaired) electrons. The summed E-state index contributed by atoms with van der Waals surface area (Å²) in [5.41, 5.74) is 1.81. The van der Waals surface area contributed by atoms with E-state index in [4.69, 9.17) is 0 Å². The minimum absolute atomic E-state index is 0.287. The maximum atomic E-state index is 11.3. The van der Waals surface area contributed by atoms with Gasteiger partial charge in [0, 0.05) is 25.7 Å². The van der Waals surface area contributed by atoms with Gasteiger partial charge < -0.3 is 15.0 Å². The standard InChI is InChI=1S/C13H18N2O2/c1-15-8-7-14-12(9-15)10-3-5-11(6-4-10)13(16)17-2/h3-6,12,14H,7-9H2,1-2H3. The number of ether oxygens (including phenoxy) is 1. The summed E-state index contributed by atoms with van der Waals surface area (Å²) in [5.74, 6) is -0.287. The third kappa shape index (κ3) is 2.84. The summed E-state index contributed by atoms with van der Waals surface area (Å²) in [6, 6.07) is 7.96. The summed E-state index contributed by atoms with van der Waals surface area (Å²) in [6.07, 6.45) is 0. The number of methoxy groups -OCH3 is 1. The lowest BCUT2D eigenvalue weighted by atomic mass is 10.0. The van der Waals surface area contributed by atoms with Gasteiger partial charge in [0.2, 0.25) is 0 Å². The first-order valence-corrected chi connectivity index (χ1v) is 5.81. The fraction of sp³-hybridized carbons (Fsp3) is 0.462. The van der Waals surface area contributed by atoms with E-state index in [0.717, 1.165) is 19.6 Å². The molecule has 2 rings (SSSR count). The summed E-state index contributed by atoms with van der Waals surface area (Å²) >= 11 is 0. The van der Waals surface area contributed by atoms with Gasteiger partial charge in [-0.05, 0) is 24.7 Å². The molecule has 0 aliphatic carbocycles. The van der Waals surface area contributed by atoms with Gasteiger partial charge in [0.05, 0.1) is 12.7 Å². The monoisotopic (exact) mass is 234 g/mol. The first kappa shape index (κ1) is 12.1. The lowest BCUT2D eigenvalue weighted by molar-refractivity contribution is 0.0600. The molecule has 0 saturated carbocycles. The molecule has 1 aromatic rings. The maximum Gasteiger partial charge on any atom is 0.337 e. The van der Waals surface area contributed by atoms with Crippen molar-refractivity contribution in [2.24, 2.45) is 0 Å². The molecule has 4 heteroatoms. The lowest BCUT2D eigenvalue weighted by Crippen LogP contribution is -2.43. The fourth-order valence-corrected chi connectivity index (χ4v) is 2.09. The molecule has 92 valence electrons. The van der Waals surface area contributed by atoms with E-state index in [1.165, 1.54) is 12.7 Å². The molecular weight excluding hydrogens is 216 g/mol. The van der Waals surface area contributed by atoms with Crippen LogP contribution in [-0.2, 0) is 4.74 Å². The second kappa shape index (κ2) is 5.29. The predicted octanol–water partition coefficient (Wildman–Crippen LogP) is 1.05. The summed E-state index contributed by atoms with van der Waals surface area (Å²) in [7, 11) is 3.52. The maximum absolute atomic E-state index is 11.3. The summed E-state index contributed by atoms with van der Waals surface area (Å²) < 4.78 is 4.68. The molecule has 0 spiro atoms. The van der Waals surface area contributed by atoms with Crippen molar-refractivity contribution in [1.82, 2.24) is 10.2 Å². The molecule has 1 atom stereocenters. The largest absolute Gasteiger partial charge is 0.465 e. The van der Waals surface area contributed by atoms with Gasteiger partial charge in [0.25, 0.3) is 0 Å². The Bertz CT molecular complexity index is 389. The van der Waals surface area contributed by atoms with Crippen LogP contribution in [0.2, 0.25) is 0 Å². The van der Waals surface area contributed by atoms with Crippen molar-refractivity contribution in [2.75, 3.05) is 33.8 Å². The van der Waals surface area contributed by atoms with Crippen LogP contribution in [0, 0.1) is 0 Å². The van der Waals surface area contributed by atoms with E-state index >= 15 is 0 Å². The van der Waals surface area contributed by atoms with Gasteiger partial charge in [-0.15, -0.1) is 0 Å². The van der Waals surface area contributed by atoms with E-state index in [0.29, 0.717) is 11.6 Å². The van der Waals surface area contributed by atoms with Crippen molar-refractivity contribution >= 4 is 5.97 Å². The molecule has 1 aliphatic heterocycles.